The molecular formula is C11H19N3O. The lowest BCUT2D eigenvalue weighted by Gasteiger charge is -2.15. The molecule has 4 nitrogen and oxygen atoms in total. The molecule has 1 amide bonds. The average molecular weight is 209 g/mol. The number of carbonyl (C=O) groups excluding carboxylic acids is 1. The minimum absolute atomic E-state index is 0.114. The Hall–Kier alpha value is -1.08. The van der Waals surface area contributed by atoms with Gasteiger partial charge >= 0.3 is 0 Å². The van der Waals surface area contributed by atoms with Gasteiger partial charge in [-0.05, 0) is 19.3 Å². The van der Waals surface area contributed by atoms with Crippen LogP contribution < -0.4 is 5.32 Å². The highest BCUT2D eigenvalue weighted by Crippen LogP contribution is 2.08. The Labute approximate surface area is 91.2 Å². The van der Waals surface area contributed by atoms with Gasteiger partial charge in [-0.1, -0.05) is 6.92 Å². The zero-order valence-electron chi connectivity index (χ0n) is 9.33. The van der Waals surface area contributed by atoms with E-state index >= 15 is 0 Å². The van der Waals surface area contributed by atoms with Gasteiger partial charge in [-0.25, -0.2) is 0 Å². The molecule has 0 aliphatic carbocycles. The van der Waals surface area contributed by atoms with Crippen molar-refractivity contribution in [3.63, 3.8) is 0 Å². The maximum atomic E-state index is 11.6. The molecule has 1 atom stereocenters. The third-order valence-electron chi connectivity index (χ3n) is 2.75. The van der Waals surface area contributed by atoms with E-state index in [0.29, 0.717) is 13.0 Å². The van der Waals surface area contributed by atoms with Crippen LogP contribution in [0.5, 0.6) is 0 Å². The first-order chi connectivity index (χ1) is 7.27. The highest BCUT2D eigenvalue weighted by atomic mass is 16.2. The van der Waals surface area contributed by atoms with Gasteiger partial charge in [0.1, 0.15) is 0 Å². The van der Waals surface area contributed by atoms with Crippen LogP contribution in [-0.4, -0.2) is 36.5 Å². The lowest BCUT2D eigenvalue weighted by molar-refractivity contribution is -0.130. The summed E-state index contributed by atoms with van der Waals surface area (Å²) < 4.78 is 0. The Morgan fingerprint density at radius 2 is 2.20 bits per heavy atom. The van der Waals surface area contributed by atoms with E-state index in [1.165, 1.54) is 0 Å². The maximum absolute atomic E-state index is 11.6. The summed E-state index contributed by atoms with van der Waals surface area (Å²) in [5, 5.41) is 11.8. The molecule has 1 fully saturated rings. The summed E-state index contributed by atoms with van der Waals surface area (Å²) in [6, 6.07) is 2.04. The second-order valence-corrected chi connectivity index (χ2v) is 3.88. The number of amides is 1. The van der Waals surface area contributed by atoms with E-state index in [4.69, 9.17) is 5.26 Å². The summed E-state index contributed by atoms with van der Waals surface area (Å²) in [7, 11) is 0. The second kappa shape index (κ2) is 6.41. The predicted molar refractivity (Wildman–Crippen MR) is 58.1 cm³/mol. The van der Waals surface area contributed by atoms with Crippen LogP contribution in [0.3, 0.4) is 0 Å². The number of nitriles is 1. The number of likely N-dealkylation sites (tertiary alicyclic amines) is 1. The molecule has 4 heteroatoms. The van der Waals surface area contributed by atoms with Gasteiger partial charge in [-0.15, -0.1) is 0 Å². The van der Waals surface area contributed by atoms with Gasteiger partial charge in [0.25, 0.3) is 0 Å². The fourth-order valence-electron chi connectivity index (χ4n) is 1.76. The van der Waals surface area contributed by atoms with Crippen LogP contribution in [-0.2, 0) is 4.79 Å². The van der Waals surface area contributed by atoms with Crippen LogP contribution in [0.2, 0.25) is 0 Å². The fraction of sp³-hybridized carbons (Fsp3) is 0.818. The normalized spacial score (nSPS) is 17.5. The largest absolute Gasteiger partial charge is 0.343 e. The number of hydrogen-bond donors (Lipinski definition) is 1. The number of nitrogens with one attached hydrogen (secondary N) is 1. The predicted octanol–water partition coefficient (Wildman–Crippen LogP) is 0.891. The third-order valence-corrected chi connectivity index (χ3v) is 2.75. The molecule has 1 saturated heterocycles. The van der Waals surface area contributed by atoms with Crippen molar-refractivity contribution >= 4 is 5.91 Å². The van der Waals surface area contributed by atoms with Crippen molar-refractivity contribution in [2.75, 3.05) is 19.6 Å². The lowest BCUT2D eigenvalue weighted by atomic mass is 10.2. The Morgan fingerprint density at radius 3 is 2.73 bits per heavy atom. The van der Waals surface area contributed by atoms with E-state index in [2.05, 4.69) is 11.4 Å². The van der Waals surface area contributed by atoms with Gasteiger partial charge in [0.05, 0.1) is 12.1 Å². The molecule has 1 aliphatic heterocycles. The zero-order valence-corrected chi connectivity index (χ0v) is 9.33. The Bertz CT molecular complexity index is 241. The van der Waals surface area contributed by atoms with E-state index in [1.54, 1.807) is 0 Å². The maximum Gasteiger partial charge on any atom is 0.223 e. The van der Waals surface area contributed by atoms with Crippen LogP contribution in [0.4, 0.5) is 0 Å². The summed E-state index contributed by atoms with van der Waals surface area (Å²) in [6.45, 7) is 4.40. The number of rotatable bonds is 5. The molecule has 1 heterocycles. The molecule has 1 N–H and O–H groups in total. The molecule has 0 bridgehead atoms. The molecule has 0 radical (unpaired) electrons. The SMILES string of the molecule is CCC(C#N)NCCC(=O)N1CCCC1. The monoisotopic (exact) mass is 209 g/mol. The Balaban J connectivity index is 2.14. The molecule has 0 aromatic heterocycles. The van der Waals surface area contributed by atoms with Gasteiger partial charge in [-0.3, -0.25) is 4.79 Å². The summed E-state index contributed by atoms with van der Waals surface area (Å²) in [6.07, 6.45) is 3.57. The van der Waals surface area contributed by atoms with Crippen LogP contribution in [0.25, 0.3) is 0 Å². The van der Waals surface area contributed by atoms with E-state index in [-0.39, 0.29) is 11.9 Å². The number of nitrogens with zero attached hydrogens (tertiary/aromatic N) is 2. The molecule has 15 heavy (non-hydrogen) atoms. The van der Waals surface area contributed by atoms with Gasteiger partial charge in [0.2, 0.25) is 5.91 Å². The second-order valence-electron chi connectivity index (χ2n) is 3.88. The first-order valence-electron chi connectivity index (χ1n) is 5.68. The van der Waals surface area contributed by atoms with Gasteiger partial charge < -0.3 is 10.2 Å². The van der Waals surface area contributed by atoms with E-state index in [1.807, 2.05) is 11.8 Å². The first-order valence-corrected chi connectivity index (χ1v) is 5.68. The van der Waals surface area contributed by atoms with Gasteiger partial charge in [0.15, 0.2) is 0 Å². The Morgan fingerprint density at radius 1 is 1.53 bits per heavy atom. The molecule has 0 aromatic rings. The van der Waals surface area contributed by atoms with Crippen LogP contribution in [0, 0.1) is 11.3 Å². The van der Waals surface area contributed by atoms with Gasteiger partial charge in [0, 0.05) is 26.1 Å². The molecular weight excluding hydrogens is 190 g/mol. The quantitative estimate of drug-likeness (QED) is 0.731. The Kier molecular flexibility index (Phi) is 5.13. The summed E-state index contributed by atoms with van der Waals surface area (Å²) in [4.78, 5) is 13.5. The average Bonchev–Trinajstić information content (AvgIpc) is 2.77. The van der Waals surface area contributed by atoms with Crippen molar-refractivity contribution in [2.24, 2.45) is 0 Å². The van der Waals surface area contributed by atoms with Crippen LogP contribution >= 0.6 is 0 Å². The fourth-order valence-corrected chi connectivity index (χ4v) is 1.76. The van der Waals surface area contributed by atoms with Crippen LogP contribution in [0.1, 0.15) is 32.6 Å². The zero-order chi connectivity index (χ0) is 11.1. The highest BCUT2D eigenvalue weighted by molar-refractivity contribution is 5.76. The smallest absolute Gasteiger partial charge is 0.223 e. The summed E-state index contributed by atoms with van der Waals surface area (Å²) in [5.74, 6) is 0.216. The molecule has 0 spiro atoms. The highest BCUT2D eigenvalue weighted by Gasteiger charge is 2.17. The molecule has 1 unspecified atom stereocenters. The number of hydrogen-bond acceptors (Lipinski definition) is 3. The topological polar surface area (TPSA) is 56.1 Å². The van der Waals surface area contributed by atoms with Crippen molar-refractivity contribution in [1.82, 2.24) is 10.2 Å². The van der Waals surface area contributed by atoms with Crippen molar-refractivity contribution < 1.29 is 4.79 Å². The summed E-state index contributed by atoms with van der Waals surface area (Å²) in [5.41, 5.74) is 0. The van der Waals surface area contributed by atoms with Crippen molar-refractivity contribution in [3.05, 3.63) is 0 Å². The van der Waals surface area contributed by atoms with E-state index in [9.17, 15) is 4.79 Å². The molecule has 0 saturated carbocycles. The van der Waals surface area contributed by atoms with E-state index in [0.717, 1.165) is 32.4 Å². The number of carbonyl (C=O) groups is 1. The van der Waals surface area contributed by atoms with Crippen molar-refractivity contribution in [1.29, 1.82) is 5.26 Å². The molecule has 0 aromatic carbocycles. The third kappa shape index (κ3) is 3.88. The molecule has 1 aliphatic rings. The molecule has 1 rings (SSSR count). The minimum atomic E-state index is -0.114. The minimum Gasteiger partial charge on any atom is -0.343 e. The van der Waals surface area contributed by atoms with Crippen LogP contribution in [0.15, 0.2) is 0 Å². The first kappa shape index (κ1) is 12.0. The van der Waals surface area contributed by atoms with Gasteiger partial charge in [-0.2, -0.15) is 5.26 Å². The summed E-state index contributed by atoms with van der Waals surface area (Å²) >= 11 is 0. The standard InChI is InChI=1S/C11H19N3O/c1-2-10(9-12)13-6-5-11(15)14-7-3-4-8-14/h10,13H,2-8H2,1H3. The molecule has 84 valence electrons. The van der Waals surface area contributed by atoms with E-state index < -0.39 is 0 Å². The van der Waals surface area contributed by atoms with Crippen molar-refractivity contribution in [3.8, 4) is 6.07 Å². The van der Waals surface area contributed by atoms with Crippen molar-refractivity contribution in [2.45, 2.75) is 38.6 Å². The lowest BCUT2D eigenvalue weighted by Crippen LogP contribution is -2.33.